The summed E-state index contributed by atoms with van der Waals surface area (Å²) < 4.78 is 0. The second-order valence-electron chi connectivity index (χ2n) is 4.01. The van der Waals surface area contributed by atoms with Crippen molar-refractivity contribution in [3.05, 3.63) is 29.8 Å². The monoisotopic (exact) mass is 218 g/mol. The summed E-state index contributed by atoms with van der Waals surface area (Å²) in [4.78, 5) is 24.8. The van der Waals surface area contributed by atoms with Crippen molar-refractivity contribution in [2.24, 2.45) is 11.7 Å². The third-order valence-corrected chi connectivity index (χ3v) is 2.82. The minimum absolute atomic E-state index is 0.133. The Labute approximate surface area is 94.0 Å². The van der Waals surface area contributed by atoms with E-state index in [2.05, 4.69) is 0 Å². The first-order valence-corrected chi connectivity index (χ1v) is 5.30. The summed E-state index contributed by atoms with van der Waals surface area (Å²) in [6.07, 6.45) is 0.289. The normalized spacial score (nSPS) is 20.6. The number of amides is 2. The molecule has 1 aromatic carbocycles. The highest BCUT2D eigenvalue weighted by Gasteiger charge is 2.37. The number of para-hydroxylation sites is 1. The van der Waals surface area contributed by atoms with Crippen LogP contribution >= 0.6 is 0 Å². The quantitative estimate of drug-likeness (QED) is 0.754. The summed E-state index contributed by atoms with van der Waals surface area (Å²) in [6, 6.07) is 7.24. The van der Waals surface area contributed by atoms with Gasteiger partial charge in [-0.25, -0.2) is 4.90 Å². The maximum absolute atomic E-state index is 11.8. The SMILES string of the molecule is CC1CC(=O)N(c2ccccc2CN)C1=O. The van der Waals surface area contributed by atoms with Crippen molar-refractivity contribution in [1.29, 1.82) is 0 Å². The van der Waals surface area contributed by atoms with Gasteiger partial charge in [0.25, 0.3) is 0 Å². The van der Waals surface area contributed by atoms with E-state index in [9.17, 15) is 9.59 Å². The number of rotatable bonds is 2. The van der Waals surface area contributed by atoms with Crippen molar-refractivity contribution < 1.29 is 9.59 Å². The van der Waals surface area contributed by atoms with Gasteiger partial charge in [-0.1, -0.05) is 25.1 Å². The number of imide groups is 1. The van der Waals surface area contributed by atoms with Crippen LogP contribution in [0.1, 0.15) is 18.9 Å². The van der Waals surface area contributed by atoms with Crippen molar-refractivity contribution >= 4 is 17.5 Å². The van der Waals surface area contributed by atoms with Crippen LogP contribution in [0.3, 0.4) is 0 Å². The first-order valence-electron chi connectivity index (χ1n) is 5.30. The topological polar surface area (TPSA) is 63.4 Å². The highest BCUT2D eigenvalue weighted by atomic mass is 16.2. The summed E-state index contributed by atoms with van der Waals surface area (Å²) in [6.45, 7) is 2.09. The number of carbonyl (C=O) groups excluding carboxylic acids is 2. The summed E-state index contributed by atoms with van der Waals surface area (Å²) in [7, 11) is 0. The van der Waals surface area contributed by atoms with Gasteiger partial charge in [0.1, 0.15) is 0 Å². The van der Waals surface area contributed by atoms with Gasteiger partial charge in [0.15, 0.2) is 0 Å². The molecule has 1 saturated heterocycles. The zero-order chi connectivity index (χ0) is 11.7. The Morgan fingerprint density at radius 2 is 2.06 bits per heavy atom. The summed E-state index contributed by atoms with van der Waals surface area (Å²) >= 11 is 0. The maximum Gasteiger partial charge on any atom is 0.237 e. The van der Waals surface area contributed by atoms with Gasteiger partial charge in [0.05, 0.1) is 5.69 Å². The Kier molecular flexibility index (Phi) is 2.75. The van der Waals surface area contributed by atoms with E-state index in [4.69, 9.17) is 5.73 Å². The average molecular weight is 218 g/mol. The largest absolute Gasteiger partial charge is 0.326 e. The third kappa shape index (κ3) is 1.61. The lowest BCUT2D eigenvalue weighted by Gasteiger charge is -2.17. The zero-order valence-corrected chi connectivity index (χ0v) is 9.14. The molecular formula is C12H14N2O2. The van der Waals surface area contributed by atoms with Crippen molar-refractivity contribution in [1.82, 2.24) is 0 Å². The van der Waals surface area contributed by atoms with Crippen LogP contribution < -0.4 is 10.6 Å². The Bertz CT molecular complexity index is 442. The molecule has 1 aliphatic heterocycles. The van der Waals surface area contributed by atoms with Crippen LogP contribution in [0, 0.1) is 5.92 Å². The molecule has 0 aliphatic carbocycles. The summed E-state index contributed by atoms with van der Waals surface area (Å²) in [5.41, 5.74) is 7.04. The molecule has 4 nitrogen and oxygen atoms in total. The van der Waals surface area contributed by atoms with Crippen molar-refractivity contribution in [2.75, 3.05) is 4.90 Å². The zero-order valence-electron chi connectivity index (χ0n) is 9.14. The summed E-state index contributed by atoms with van der Waals surface area (Å²) in [5.74, 6) is -0.498. The van der Waals surface area contributed by atoms with Gasteiger partial charge in [-0.3, -0.25) is 9.59 Å². The molecule has 2 amide bonds. The van der Waals surface area contributed by atoms with E-state index in [0.717, 1.165) is 5.56 Å². The minimum atomic E-state index is -0.224. The minimum Gasteiger partial charge on any atom is -0.326 e. The Hall–Kier alpha value is -1.68. The second-order valence-corrected chi connectivity index (χ2v) is 4.01. The standard InChI is InChI=1S/C12H14N2O2/c1-8-6-11(15)14(12(8)16)10-5-3-2-4-9(10)7-13/h2-5,8H,6-7,13H2,1H3. The molecule has 0 bridgehead atoms. The van der Waals surface area contributed by atoms with Crippen LogP contribution in [0.4, 0.5) is 5.69 Å². The van der Waals surface area contributed by atoms with E-state index in [-0.39, 0.29) is 24.2 Å². The lowest BCUT2D eigenvalue weighted by Crippen LogP contribution is -2.31. The lowest BCUT2D eigenvalue weighted by atomic mass is 10.1. The van der Waals surface area contributed by atoms with Crippen LogP contribution in [0.15, 0.2) is 24.3 Å². The Morgan fingerprint density at radius 3 is 2.62 bits per heavy atom. The highest BCUT2D eigenvalue weighted by Crippen LogP contribution is 2.28. The molecule has 84 valence electrons. The van der Waals surface area contributed by atoms with E-state index >= 15 is 0 Å². The molecule has 0 radical (unpaired) electrons. The van der Waals surface area contributed by atoms with Gasteiger partial charge in [0.2, 0.25) is 11.8 Å². The number of hydrogen-bond acceptors (Lipinski definition) is 3. The molecular weight excluding hydrogens is 204 g/mol. The highest BCUT2D eigenvalue weighted by molar-refractivity contribution is 6.21. The van der Waals surface area contributed by atoms with E-state index in [0.29, 0.717) is 12.2 Å². The van der Waals surface area contributed by atoms with Crippen molar-refractivity contribution in [3.8, 4) is 0 Å². The molecule has 0 aromatic heterocycles. The lowest BCUT2D eigenvalue weighted by molar-refractivity contribution is -0.122. The fourth-order valence-electron chi connectivity index (χ4n) is 1.94. The Morgan fingerprint density at radius 1 is 1.38 bits per heavy atom. The molecule has 0 saturated carbocycles. The Balaban J connectivity index is 2.44. The summed E-state index contributed by atoms with van der Waals surface area (Å²) in [5, 5.41) is 0. The van der Waals surface area contributed by atoms with E-state index < -0.39 is 0 Å². The van der Waals surface area contributed by atoms with E-state index in [1.165, 1.54) is 4.90 Å². The van der Waals surface area contributed by atoms with Gasteiger partial charge < -0.3 is 5.73 Å². The van der Waals surface area contributed by atoms with E-state index in [1.807, 2.05) is 12.1 Å². The number of carbonyl (C=O) groups is 2. The fourth-order valence-corrected chi connectivity index (χ4v) is 1.94. The first kappa shape index (κ1) is 10.8. The van der Waals surface area contributed by atoms with Crippen LogP contribution in [0.25, 0.3) is 0 Å². The fraction of sp³-hybridized carbons (Fsp3) is 0.333. The molecule has 1 aliphatic rings. The smallest absolute Gasteiger partial charge is 0.237 e. The third-order valence-electron chi connectivity index (χ3n) is 2.82. The number of nitrogens with zero attached hydrogens (tertiary/aromatic N) is 1. The predicted octanol–water partition coefficient (Wildman–Crippen LogP) is 1.04. The maximum atomic E-state index is 11.8. The number of hydrogen-bond donors (Lipinski definition) is 1. The molecule has 1 unspecified atom stereocenters. The van der Waals surface area contributed by atoms with Crippen LogP contribution in [0.2, 0.25) is 0 Å². The van der Waals surface area contributed by atoms with Gasteiger partial charge >= 0.3 is 0 Å². The molecule has 4 heteroatoms. The van der Waals surface area contributed by atoms with E-state index in [1.54, 1.807) is 19.1 Å². The molecule has 2 N–H and O–H groups in total. The van der Waals surface area contributed by atoms with Crippen molar-refractivity contribution in [3.63, 3.8) is 0 Å². The number of anilines is 1. The van der Waals surface area contributed by atoms with Gasteiger partial charge in [-0.2, -0.15) is 0 Å². The molecule has 1 fully saturated rings. The van der Waals surface area contributed by atoms with Gasteiger partial charge in [-0.05, 0) is 11.6 Å². The molecule has 0 spiro atoms. The second kappa shape index (κ2) is 4.06. The predicted molar refractivity (Wildman–Crippen MR) is 60.6 cm³/mol. The average Bonchev–Trinajstić information content (AvgIpc) is 2.53. The number of nitrogens with two attached hydrogens (primary N) is 1. The van der Waals surface area contributed by atoms with Crippen LogP contribution in [-0.4, -0.2) is 11.8 Å². The number of benzene rings is 1. The molecule has 16 heavy (non-hydrogen) atoms. The van der Waals surface area contributed by atoms with Gasteiger partial charge in [-0.15, -0.1) is 0 Å². The molecule has 1 heterocycles. The molecule has 2 rings (SSSR count). The molecule has 1 aromatic rings. The molecule has 1 atom stereocenters. The van der Waals surface area contributed by atoms with Crippen LogP contribution in [-0.2, 0) is 16.1 Å². The first-order chi connectivity index (χ1) is 7.65. The van der Waals surface area contributed by atoms with Crippen LogP contribution in [0.5, 0.6) is 0 Å². The van der Waals surface area contributed by atoms with Crippen molar-refractivity contribution in [2.45, 2.75) is 19.9 Å². The van der Waals surface area contributed by atoms with Gasteiger partial charge in [0, 0.05) is 18.9 Å².